The van der Waals surface area contributed by atoms with Crippen LogP contribution in [-0.2, 0) is 25.7 Å². The molecule has 6 rings (SSSR count). The highest BCUT2D eigenvalue weighted by atomic mass is 32.2. The molecular formula is C34H42N4O4S. The van der Waals surface area contributed by atoms with Gasteiger partial charge in [0.1, 0.15) is 11.6 Å². The van der Waals surface area contributed by atoms with Crippen molar-refractivity contribution in [2.45, 2.75) is 73.8 Å². The summed E-state index contributed by atoms with van der Waals surface area (Å²) in [6, 6.07) is 17.3. The molecule has 3 heterocycles. The zero-order chi connectivity index (χ0) is 30.0. The third kappa shape index (κ3) is 5.99. The first-order valence-electron chi connectivity index (χ1n) is 15.5. The molecule has 4 aliphatic rings. The molecule has 9 heteroatoms. The molecule has 2 aromatic rings. The average Bonchev–Trinajstić information content (AvgIpc) is 3.65. The Labute approximate surface area is 258 Å². The van der Waals surface area contributed by atoms with E-state index in [2.05, 4.69) is 34.7 Å². The molecule has 2 N–H and O–H groups in total. The number of rotatable bonds is 11. The Morgan fingerprint density at radius 3 is 2.63 bits per heavy atom. The van der Waals surface area contributed by atoms with Crippen LogP contribution in [0.2, 0.25) is 0 Å². The molecule has 2 bridgehead atoms. The smallest absolute Gasteiger partial charge is 0.246 e. The number of anilines is 1. The molecule has 5 atom stereocenters. The molecule has 1 spiro atoms. The highest BCUT2D eigenvalue weighted by molar-refractivity contribution is 7.98. The number of amides is 3. The van der Waals surface area contributed by atoms with E-state index in [-0.39, 0.29) is 23.8 Å². The van der Waals surface area contributed by atoms with E-state index >= 15 is 0 Å². The second-order valence-corrected chi connectivity index (χ2v) is 13.3. The summed E-state index contributed by atoms with van der Waals surface area (Å²) in [5, 5.41) is 6.31. The first kappa shape index (κ1) is 29.9. The second-order valence-electron chi connectivity index (χ2n) is 12.4. The van der Waals surface area contributed by atoms with Crippen LogP contribution in [0, 0.1) is 11.8 Å². The van der Waals surface area contributed by atoms with E-state index in [1.807, 2.05) is 60.9 Å². The van der Waals surface area contributed by atoms with Crippen molar-refractivity contribution in [1.82, 2.24) is 15.1 Å². The van der Waals surface area contributed by atoms with E-state index < -0.39 is 29.6 Å². The number of nitrogens with zero attached hydrogens (tertiary/aromatic N) is 2. The van der Waals surface area contributed by atoms with Gasteiger partial charge >= 0.3 is 0 Å². The first-order valence-corrected chi connectivity index (χ1v) is 16.8. The predicted octanol–water partition coefficient (Wildman–Crippen LogP) is 4.47. The predicted molar refractivity (Wildman–Crippen MR) is 168 cm³/mol. The van der Waals surface area contributed by atoms with Gasteiger partial charge in [-0.05, 0) is 62.9 Å². The molecule has 0 radical (unpaired) electrons. The van der Waals surface area contributed by atoms with Crippen molar-refractivity contribution in [2.24, 2.45) is 11.8 Å². The molecule has 0 unspecified atom stereocenters. The lowest BCUT2D eigenvalue weighted by atomic mass is 9.74. The summed E-state index contributed by atoms with van der Waals surface area (Å²) in [6.07, 6.45) is 11.2. The van der Waals surface area contributed by atoms with Gasteiger partial charge in [0.15, 0.2) is 0 Å². The summed E-state index contributed by atoms with van der Waals surface area (Å²) in [6.45, 7) is 1.99. The van der Waals surface area contributed by atoms with E-state index in [1.54, 1.807) is 16.7 Å². The van der Waals surface area contributed by atoms with Gasteiger partial charge in [-0.25, -0.2) is 0 Å². The van der Waals surface area contributed by atoms with Crippen molar-refractivity contribution < 1.29 is 19.1 Å². The van der Waals surface area contributed by atoms with E-state index in [4.69, 9.17) is 4.74 Å². The summed E-state index contributed by atoms with van der Waals surface area (Å²) in [5.74, 6) is -2.02. The Bertz CT molecular complexity index is 1360. The largest absolute Gasteiger partial charge is 0.359 e. The summed E-state index contributed by atoms with van der Waals surface area (Å²) >= 11 is 1.60. The SMILES string of the molecule is CSc1cccc(NC(=O)[C@@H]2[C@H]3C=C[C@@]4(O3)[C@H]2C(=O)N(CCCN(C)Cc2ccccc2)[C@@H]4C(=O)NC2CCCCC2)c1. The number of carbonyl (C=O) groups excluding carboxylic acids is 3. The minimum atomic E-state index is -1.14. The van der Waals surface area contributed by atoms with Crippen molar-refractivity contribution in [3.8, 4) is 0 Å². The van der Waals surface area contributed by atoms with Gasteiger partial charge in [0.05, 0.1) is 17.9 Å². The normalized spacial score (nSPS) is 28.0. The number of carbonyl (C=O) groups is 3. The Morgan fingerprint density at radius 2 is 1.86 bits per heavy atom. The van der Waals surface area contributed by atoms with Crippen molar-refractivity contribution in [3.05, 3.63) is 72.3 Å². The maximum Gasteiger partial charge on any atom is 0.246 e. The number of nitrogens with one attached hydrogen (secondary N) is 2. The second kappa shape index (κ2) is 12.8. The maximum atomic E-state index is 14.2. The van der Waals surface area contributed by atoms with Crippen LogP contribution < -0.4 is 10.6 Å². The van der Waals surface area contributed by atoms with E-state index in [9.17, 15) is 14.4 Å². The quantitative estimate of drug-likeness (QED) is 0.292. The van der Waals surface area contributed by atoms with Gasteiger partial charge in [-0.15, -0.1) is 11.8 Å². The van der Waals surface area contributed by atoms with E-state index in [0.29, 0.717) is 18.7 Å². The molecular weight excluding hydrogens is 560 g/mol. The minimum Gasteiger partial charge on any atom is -0.359 e. The molecule has 8 nitrogen and oxygen atoms in total. The molecule has 1 saturated carbocycles. The van der Waals surface area contributed by atoms with Crippen LogP contribution in [0.1, 0.15) is 44.1 Å². The maximum absolute atomic E-state index is 14.2. The molecule has 43 heavy (non-hydrogen) atoms. The fourth-order valence-electron chi connectivity index (χ4n) is 7.45. The Balaban J connectivity index is 1.21. The number of thioether (sulfide) groups is 1. The lowest BCUT2D eigenvalue weighted by Gasteiger charge is -2.34. The zero-order valence-corrected chi connectivity index (χ0v) is 25.9. The molecule has 0 aromatic heterocycles. The zero-order valence-electron chi connectivity index (χ0n) is 25.0. The third-order valence-electron chi connectivity index (χ3n) is 9.45. The lowest BCUT2D eigenvalue weighted by Crippen LogP contribution is -2.56. The van der Waals surface area contributed by atoms with Crippen LogP contribution in [0.15, 0.2) is 71.6 Å². The van der Waals surface area contributed by atoms with Crippen molar-refractivity contribution in [2.75, 3.05) is 31.7 Å². The standard InChI is InChI=1S/C34H42N4O4S/c1-37(22-23-11-5-3-6-12-23)19-10-20-38-30(32(40)35-24-13-7-4-8-14-24)34-18-17-27(42-34)28(29(34)33(38)41)31(39)36-25-15-9-16-26(21-25)43-2/h3,5-6,9,11-12,15-18,21,24,27-30H,4,7-8,10,13-14,19-20,22H2,1-2H3,(H,35,40)(H,36,39)/t27-,28-,29-,30-,34-/m1/s1. The molecule has 3 aliphatic heterocycles. The average molecular weight is 603 g/mol. The van der Waals surface area contributed by atoms with Crippen LogP contribution in [-0.4, -0.2) is 77.7 Å². The number of fused-ring (bicyclic) bond motifs is 1. The van der Waals surface area contributed by atoms with Crippen LogP contribution in [0.3, 0.4) is 0 Å². The van der Waals surface area contributed by atoms with Crippen molar-refractivity contribution >= 4 is 35.2 Å². The minimum absolute atomic E-state index is 0.107. The number of ether oxygens (including phenoxy) is 1. The Morgan fingerprint density at radius 1 is 1.07 bits per heavy atom. The van der Waals surface area contributed by atoms with Crippen LogP contribution in [0.5, 0.6) is 0 Å². The fraction of sp³-hybridized carbons (Fsp3) is 0.500. The van der Waals surface area contributed by atoms with Crippen LogP contribution in [0.25, 0.3) is 0 Å². The number of hydrogen-bond donors (Lipinski definition) is 2. The van der Waals surface area contributed by atoms with Gasteiger partial charge in [-0.3, -0.25) is 14.4 Å². The molecule has 1 aliphatic carbocycles. The van der Waals surface area contributed by atoms with Crippen LogP contribution >= 0.6 is 11.8 Å². The Kier molecular flexibility index (Phi) is 8.93. The summed E-state index contributed by atoms with van der Waals surface area (Å²) in [7, 11) is 2.07. The molecule has 228 valence electrons. The number of hydrogen-bond acceptors (Lipinski definition) is 6. The van der Waals surface area contributed by atoms with Gasteiger partial charge in [-0.1, -0.05) is 67.8 Å². The van der Waals surface area contributed by atoms with Gasteiger partial charge in [-0.2, -0.15) is 0 Å². The van der Waals surface area contributed by atoms with E-state index in [1.165, 1.54) is 12.0 Å². The highest BCUT2D eigenvalue weighted by Crippen LogP contribution is 2.55. The van der Waals surface area contributed by atoms with Gasteiger partial charge in [0.25, 0.3) is 0 Å². The fourth-order valence-corrected chi connectivity index (χ4v) is 7.91. The van der Waals surface area contributed by atoms with Gasteiger partial charge in [0.2, 0.25) is 17.7 Å². The number of benzene rings is 2. The van der Waals surface area contributed by atoms with Gasteiger partial charge in [0, 0.05) is 29.7 Å². The van der Waals surface area contributed by atoms with Crippen molar-refractivity contribution in [3.63, 3.8) is 0 Å². The summed E-state index contributed by atoms with van der Waals surface area (Å²) < 4.78 is 6.52. The Hall–Kier alpha value is -3.14. The summed E-state index contributed by atoms with van der Waals surface area (Å²) in [5.41, 5.74) is 0.778. The lowest BCUT2D eigenvalue weighted by molar-refractivity contribution is -0.141. The number of likely N-dealkylation sites (tertiary alicyclic amines) is 1. The molecule has 3 amide bonds. The first-order chi connectivity index (χ1) is 20.9. The molecule has 2 aromatic carbocycles. The highest BCUT2D eigenvalue weighted by Gasteiger charge is 2.72. The van der Waals surface area contributed by atoms with Crippen LogP contribution in [0.4, 0.5) is 5.69 Å². The van der Waals surface area contributed by atoms with Gasteiger partial charge < -0.3 is 25.2 Å². The topological polar surface area (TPSA) is 91.0 Å². The van der Waals surface area contributed by atoms with E-state index in [0.717, 1.165) is 43.7 Å². The molecule has 3 fully saturated rings. The third-order valence-corrected chi connectivity index (χ3v) is 10.2. The summed E-state index contributed by atoms with van der Waals surface area (Å²) in [4.78, 5) is 47.0. The monoisotopic (exact) mass is 602 g/mol. The molecule has 2 saturated heterocycles. The van der Waals surface area contributed by atoms with Crippen molar-refractivity contribution in [1.29, 1.82) is 0 Å².